The van der Waals surface area contributed by atoms with Crippen LogP contribution in [-0.4, -0.2) is 47.0 Å². The van der Waals surface area contributed by atoms with Crippen LogP contribution in [0.4, 0.5) is 4.79 Å². The van der Waals surface area contributed by atoms with E-state index >= 15 is 0 Å². The van der Waals surface area contributed by atoms with Crippen LogP contribution in [0, 0.1) is 33.5 Å². The number of fused-ring (bicyclic) bond motifs is 7. The van der Waals surface area contributed by atoms with E-state index in [4.69, 9.17) is 10.5 Å². The summed E-state index contributed by atoms with van der Waals surface area (Å²) in [4.78, 5) is 39.4. The van der Waals surface area contributed by atoms with Crippen molar-refractivity contribution in [2.45, 2.75) is 99.1 Å². The number of hydrogen-bond donors (Lipinski definition) is 2. The fourth-order valence-corrected chi connectivity index (χ4v) is 9.87. The van der Waals surface area contributed by atoms with E-state index in [9.17, 15) is 19.5 Å². The summed E-state index contributed by atoms with van der Waals surface area (Å²) in [5.41, 5.74) is 9.66. The van der Waals surface area contributed by atoms with Crippen LogP contribution in [0.5, 0.6) is 0 Å². The van der Waals surface area contributed by atoms with Crippen molar-refractivity contribution in [3.8, 4) is 0 Å². The minimum atomic E-state index is -0.730. The van der Waals surface area contributed by atoms with Crippen LogP contribution in [-0.2, 0) is 14.3 Å². The second kappa shape index (κ2) is 9.09. The predicted octanol–water partition coefficient (Wildman–Crippen LogP) is 6.16. The molecule has 0 aliphatic heterocycles. The number of esters is 1. The van der Waals surface area contributed by atoms with Gasteiger partial charge in [0.25, 0.3) is 0 Å². The first-order chi connectivity index (χ1) is 18.6. The van der Waals surface area contributed by atoms with Gasteiger partial charge in [0.2, 0.25) is 5.78 Å². The second-order valence-corrected chi connectivity index (χ2v) is 14.3. The lowest BCUT2D eigenvalue weighted by Gasteiger charge is -2.70. The number of amides is 2. The van der Waals surface area contributed by atoms with Gasteiger partial charge in [0.15, 0.2) is 5.76 Å². The fraction of sp³-hybridized carbons (Fsp3) is 0.667. The van der Waals surface area contributed by atoms with Crippen LogP contribution in [0.3, 0.4) is 0 Å². The molecule has 7 nitrogen and oxygen atoms in total. The number of urea groups is 1. The lowest BCUT2D eigenvalue weighted by Crippen LogP contribution is -2.64. The monoisotopic (exact) mass is 550 g/mol. The molecule has 218 valence electrons. The molecule has 2 amide bonds. The zero-order valence-electron chi connectivity index (χ0n) is 25.4. The van der Waals surface area contributed by atoms with E-state index in [1.54, 1.807) is 17.9 Å². The van der Waals surface area contributed by atoms with Gasteiger partial charge in [-0.15, -0.1) is 0 Å². The van der Waals surface area contributed by atoms with E-state index < -0.39 is 18.0 Å². The summed E-state index contributed by atoms with van der Waals surface area (Å²) in [6.45, 7) is 15.3. The first kappa shape index (κ1) is 28.7. The molecule has 3 N–H and O–H groups in total. The Hall–Kier alpha value is -2.83. The summed E-state index contributed by atoms with van der Waals surface area (Å²) in [6, 6.07) is -1.43. The van der Waals surface area contributed by atoms with Crippen LogP contribution in [0.15, 0.2) is 46.3 Å². The van der Waals surface area contributed by atoms with Crippen molar-refractivity contribution in [3.63, 3.8) is 0 Å². The third-order valence-corrected chi connectivity index (χ3v) is 12.5. The molecule has 0 aromatic carbocycles. The van der Waals surface area contributed by atoms with E-state index in [0.717, 1.165) is 49.7 Å². The molecule has 5 aliphatic rings. The van der Waals surface area contributed by atoms with E-state index in [0.29, 0.717) is 11.5 Å². The summed E-state index contributed by atoms with van der Waals surface area (Å²) in [5, 5.41) is 10.4. The van der Waals surface area contributed by atoms with Gasteiger partial charge in [-0.1, -0.05) is 52.3 Å². The van der Waals surface area contributed by atoms with E-state index in [1.807, 2.05) is 6.92 Å². The molecule has 3 saturated carbocycles. The van der Waals surface area contributed by atoms with Crippen molar-refractivity contribution in [1.29, 1.82) is 0 Å². The lowest BCUT2D eigenvalue weighted by molar-refractivity contribution is -0.165. The molecule has 3 fully saturated rings. The van der Waals surface area contributed by atoms with Crippen molar-refractivity contribution >= 4 is 17.8 Å². The van der Waals surface area contributed by atoms with Crippen molar-refractivity contribution in [2.24, 2.45) is 39.2 Å². The van der Waals surface area contributed by atoms with E-state index in [2.05, 4.69) is 46.8 Å². The Bertz CT molecular complexity index is 1310. The van der Waals surface area contributed by atoms with Crippen LogP contribution in [0.25, 0.3) is 0 Å². The molecule has 0 bridgehead atoms. The van der Waals surface area contributed by atoms with Gasteiger partial charge in [-0.3, -0.25) is 4.79 Å². The Morgan fingerprint density at radius 2 is 1.80 bits per heavy atom. The molecule has 0 aromatic heterocycles. The minimum absolute atomic E-state index is 0.00979. The number of nitrogens with two attached hydrogens (primary N) is 1. The van der Waals surface area contributed by atoms with E-state index in [-0.39, 0.29) is 45.2 Å². The normalized spacial score (nSPS) is 41.2. The molecule has 5 rings (SSSR count). The van der Waals surface area contributed by atoms with Crippen molar-refractivity contribution < 1.29 is 24.2 Å². The van der Waals surface area contributed by atoms with E-state index in [1.165, 1.54) is 12.7 Å². The van der Waals surface area contributed by atoms with Gasteiger partial charge in [0, 0.05) is 17.0 Å². The van der Waals surface area contributed by atoms with Gasteiger partial charge < -0.3 is 20.5 Å². The Morgan fingerprint density at radius 1 is 1.12 bits per heavy atom. The maximum atomic E-state index is 12.7. The van der Waals surface area contributed by atoms with Gasteiger partial charge in [0.05, 0.1) is 7.11 Å². The van der Waals surface area contributed by atoms with Gasteiger partial charge >= 0.3 is 12.0 Å². The topological polar surface area (TPSA) is 110 Å². The number of ether oxygens (including phenoxy) is 1. The molecular weight excluding hydrogens is 504 g/mol. The van der Waals surface area contributed by atoms with Crippen molar-refractivity contribution in [3.05, 3.63) is 46.3 Å². The Kier molecular flexibility index (Phi) is 6.52. The fourth-order valence-electron chi connectivity index (χ4n) is 9.87. The number of ketones is 1. The number of hydrogen-bond acceptors (Lipinski definition) is 5. The average molecular weight is 551 g/mol. The summed E-state index contributed by atoms with van der Waals surface area (Å²) < 4.78 is 4.98. The molecule has 0 radical (unpaired) electrons. The second-order valence-electron chi connectivity index (χ2n) is 14.3. The zero-order chi connectivity index (χ0) is 29.6. The molecule has 40 heavy (non-hydrogen) atoms. The number of aliphatic hydroxyl groups excluding tert-OH is 1. The van der Waals surface area contributed by atoms with Crippen LogP contribution in [0.2, 0.25) is 0 Å². The Morgan fingerprint density at radius 3 is 2.42 bits per heavy atom. The number of carbonyl (C=O) groups excluding carboxylic acids is 3. The predicted molar refractivity (Wildman–Crippen MR) is 154 cm³/mol. The first-order valence-electron chi connectivity index (χ1n) is 14.8. The highest BCUT2D eigenvalue weighted by Crippen LogP contribution is 2.75. The van der Waals surface area contributed by atoms with Crippen molar-refractivity contribution in [2.75, 3.05) is 7.11 Å². The first-order valence-corrected chi connectivity index (χ1v) is 14.8. The number of nitrogens with zero attached hydrogens (tertiary/aromatic N) is 1. The molecule has 0 aromatic rings. The van der Waals surface area contributed by atoms with Gasteiger partial charge in [-0.2, -0.15) is 0 Å². The number of rotatable bonds is 3. The molecule has 0 saturated heterocycles. The molecule has 8 atom stereocenters. The third kappa shape index (κ3) is 3.64. The largest absolute Gasteiger partial charge is 0.504 e. The minimum Gasteiger partial charge on any atom is -0.504 e. The standard InChI is InChI=1S/C33H46N2O5/c1-18-15-26-30(4,17-23(18)35(29(34)39)20(3)28(38)40-8)11-13-32(6)25-10-9-21-19(2)27(37)24(36)16-22(21)31(25,5)12-14-33(26,32)7/h9-10,16,18,20,23,26,37H,11-15,17H2,1-8H3,(H2,34,39)/t18-,20?,23?,26-,30+,31+,32-,33+/m1/s1. The summed E-state index contributed by atoms with van der Waals surface area (Å²) in [5.74, 6) is -0.288. The molecule has 0 heterocycles. The van der Waals surface area contributed by atoms with Gasteiger partial charge in [-0.05, 0) is 97.7 Å². The van der Waals surface area contributed by atoms with Crippen LogP contribution in [0.1, 0.15) is 87.0 Å². The highest BCUT2D eigenvalue weighted by atomic mass is 16.5. The molecule has 2 unspecified atom stereocenters. The number of aliphatic hydroxyl groups is 1. The molecule has 5 aliphatic carbocycles. The maximum absolute atomic E-state index is 12.7. The lowest BCUT2D eigenvalue weighted by atomic mass is 9.35. The molecule has 0 spiro atoms. The maximum Gasteiger partial charge on any atom is 0.328 e. The number of primary amides is 1. The summed E-state index contributed by atoms with van der Waals surface area (Å²) in [7, 11) is 1.34. The average Bonchev–Trinajstić information content (AvgIpc) is 2.90. The molecular formula is C33H46N2O5. The van der Waals surface area contributed by atoms with Gasteiger partial charge in [-0.25, -0.2) is 9.59 Å². The number of allylic oxidation sites excluding steroid dienone is 7. The van der Waals surface area contributed by atoms with Gasteiger partial charge in [0.1, 0.15) is 6.04 Å². The highest BCUT2D eigenvalue weighted by molar-refractivity contribution is 6.06. The Balaban J connectivity index is 1.53. The Labute approximate surface area is 238 Å². The number of methoxy groups -OCH3 is 1. The smallest absolute Gasteiger partial charge is 0.328 e. The SMILES string of the molecule is COC(=O)C(C)N(C(N)=O)C1C[C@]2(C)CC[C@]3(C)C4=CC=C5C(=CC(=O)C(O)=C5C)[C@]4(C)CC[C@@]3(C)[C@@H]2C[C@H]1C. The number of carbonyl (C=O) groups is 3. The zero-order valence-corrected chi connectivity index (χ0v) is 25.4. The van der Waals surface area contributed by atoms with Crippen LogP contribution < -0.4 is 5.73 Å². The third-order valence-electron chi connectivity index (χ3n) is 12.5. The summed E-state index contributed by atoms with van der Waals surface area (Å²) >= 11 is 0. The molecule has 7 heteroatoms. The van der Waals surface area contributed by atoms with Crippen LogP contribution >= 0.6 is 0 Å². The highest BCUT2D eigenvalue weighted by Gasteiger charge is 2.67. The van der Waals surface area contributed by atoms with Crippen molar-refractivity contribution in [1.82, 2.24) is 4.90 Å². The quantitative estimate of drug-likeness (QED) is 0.409. The summed E-state index contributed by atoms with van der Waals surface area (Å²) in [6.07, 6.45) is 11.8.